The Kier molecular flexibility index (Phi) is 9.50. The van der Waals surface area contributed by atoms with Gasteiger partial charge in [-0.15, -0.1) is 0 Å². The Morgan fingerprint density at radius 2 is 1.70 bits per heavy atom. The van der Waals surface area contributed by atoms with Gasteiger partial charge in [0.2, 0.25) is 17.7 Å². The zero-order valence-electron chi connectivity index (χ0n) is 26.4. The molecule has 3 atom stereocenters. The first-order valence-corrected chi connectivity index (χ1v) is 17.0. The minimum atomic E-state index is -4.72. The van der Waals surface area contributed by atoms with E-state index in [1.54, 1.807) is 13.8 Å². The first kappa shape index (κ1) is 34.8. The molecule has 6 rings (SSSR count). The third kappa shape index (κ3) is 6.47. The number of amides is 3. The summed E-state index contributed by atoms with van der Waals surface area (Å²) in [5.74, 6) is -4.86. The summed E-state index contributed by atoms with van der Waals surface area (Å²) in [7, 11) is 0. The molecule has 1 aromatic heterocycles. The smallest absolute Gasteiger partial charge is 0.416 e. The first-order chi connectivity index (χ1) is 23.8. The average Bonchev–Trinajstić information content (AvgIpc) is 3.52. The second kappa shape index (κ2) is 13.7. The monoisotopic (exact) mass is 727 g/mol. The number of esters is 1. The fourth-order valence-corrected chi connectivity index (χ4v) is 8.71. The number of alkyl halides is 3. The van der Waals surface area contributed by atoms with Crippen LogP contribution in [0.4, 0.5) is 24.5 Å². The lowest BCUT2D eigenvalue weighted by Crippen LogP contribution is -2.33. The number of aromatic nitrogens is 1. The van der Waals surface area contributed by atoms with E-state index < -0.39 is 63.9 Å². The number of imide groups is 1. The van der Waals surface area contributed by atoms with Gasteiger partial charge < -0.3 is 19.9 Å². The number of rotatable bonds is 9. The van der Waals surface area contributed by atoms with E-state index in [9.17, 15) is 42.3 Å². The molecule has 0 radical (unpaired) electrons. The summed E-state index contributed by atoms with van der Waals surface area (Å²) >= 11 is 1.67. The maximum Gasteiger partial charge on any atom is 0.416 e. The van der Waals surface area contributed by atoms with E-state index >= 15 is 0 Å². The molecule has 0 unspecified atom stereocenters. The Morgan fingerprint density at radius 3 is 2.38 bits per heavy atom. The SMILES string of the molecule is CCOC(=O)c1ccc(NC(=O)Cn2c3c(sc2=O)[C@@H](c2ccc(O)c(OCC)c2)[C@H]2C(=O)N(c4cccc(C(F)(F)F)c4)C(=O)[C@H]2S3)cc1. The number of benzene rings is 3. The Bertz CT molecular complexity index is 2060. The van der Waals surface area contributed by atoms with Crippen molar-refractivity contribution in [1.29, 1.82) is 0 Å². The van der Waals surface area contributed by atoms with E-state index in [0.29, 0.717) is 16.1 Å². The maximum atomic E-state index is 14.1. The second-order valence-corrected chi connectivity index (χ2v) is 13.4. The molecule has 1 saturated heterocycles. The van der Waals surface area contributed by atoms with Crippen molar-refractivity contribution in [2.45, 2.75) is 42.8 Å². The number of nitrogens with zero attached hydrogens (tertiary/aromatic N) is 2. The van der Waals surface area contributed by atoms with Crippen LogP contribution in [0.1, 0.15) is 46.1 Å². The van der Waals surface area contributed by atoms with Crippen molar-refractivity contribution in [1.82, 2.24) is 4.57 Å². The van der Waals surface area contributed by atoms with E-state index in [2.05, 4.69) is 5.32 Å². The number of thiazole rings is 1. The van der Waals surface area contributed by atoms with Crippen LogP contribution >= 0.6 is 23.1 Å². The van der Waals surface area contributed by atoms with Crippen LogP contribution in [0.5, 0.6) is 11.5 Å². The number of hydrogen-bond donors (Lipinski definition) is 2. The van der Waals surface area contributed by atoms with Gasteiger partial charge in [-0.2, -0.15) is 13.2 Å². The number of nitrogens with one attached hydrogen (secondary N) is 1. The molecule has 0 saturated carbocycles. The maximum absolute atomic E-state index is 14.1. The lowest BCUT2D eigenvalue weighted by molar-refractivity contribution is -0.137. The van der Waals surface area contributed by atoms with Crippen LogP contribution < -0.4 is 19.8 Å². The molecular weight excluding hydrogens is 700 g/mol. The molecule has 50 heavy (non-hydrogen) atoms. The van der Waals surface area contributed by atoms with Crippen LogP contribution in [0.2, 0.25) is 0 Å². The van der Waals surface area contributed by atoms with Gasteiger partial charge >= 0.3 is 17.0 Å². The normalized spacial score (nSPS) is 18.4. The molecule has 260 valence electrons. The number of thioether (sulfide) groups is 1. The van der Waals surface area contributed by atoms with E-state index in [0.717, 1.165) is 46.2 Å². The molecule has 3 heterocycles. The topological polar surface area (TPSA) is 144 Å². The highest BCUT2D eigenvalue weighted by molar-refractivity contribution is 8.00. The van der Waals surface area contributed by atoms with E-state index in [1.165, 1.54) is 53.1 Å². The summed E-state index contributed by atoms with van der Waals surface area (Å²) in [4.78, 5) is 67.3. The molecule has 0 bridgehead atoms. The number of halogens is 3. The van der Waals surface area contributed by atoms with Gasteiger partial charge in [-0.05, 0) is 74.0 Å². The molecular formula is C34H28F3N3O8S2. The van der Waals surface area contributed by atoms with Gasteiger partial charge in [0.1, 0.15) is 11.8 Å². The van der Waals surface area contributed by atoms with Gasteiger partial charge in [0.15, 0.2) is 11.5 Å². The molecule has 3 amide bonds. The van der Waals surface area contributed by atoms with E-state index in [-0.39, 0.29) is 41.0 Å². The highest BCUT2D eigenvalue weighted by atomic mass is 32.2. The van der Waals surface area contributed by atoms with E-state index in [4.69, 9.17) is 9.47 Å². The van der Waals surface area contributed by atoms with Crippen LogP contribution in [-0.4, -0.2) is 51.8 Å². The standard InChI is InChI=1S/C34H28F3N3O8S2/c1-3-47-23-14-18(10-13-22(23)41)25-26-27(30(44)40(29(26)43)21-7-5-6-19(15-21)34(35,36)37)49-31-28(25)50-33(46)39(31)16-24(42)38-20-11-8-17(9-12-20)32(45)48-4-2/h5-15,25-27,41H,3-4,16H2,1-2H3,(H,38,42)/t25-,26+,27-/m0/s1. The van der Waals surface area contributed by atoms with Crippen LogP contribution in [0.3, 0.4) is 0 Å². The zero-order chi connectivity index (χ0) is 35.9. The Hall–Kier alpha value is -5.09. The Balaban J connectivity index is 1.38. The molecule has 2 N–H and O–H groups in total. The van der Waals surface area contributed by atoms with Crippen molar-refractivity contribution < 1.29 is 46.9 Å². The van der Waals surface area contributed by atoms with Crippen molar-refractivity contribution in [3.05, 3.63) is 98.0 Å². The fourth-order valence-electron chi connectivity index (χ4n) is 5.93. The molecule has 1 fully saturated rings. The van der Waals surface area contributed by atoms with Crippen molar-refractivity contribution in [2.75, 3.05) is 23.4 Å². The number of carbonyl (C=O) groups is 4. The van der Waals surface area contributed by atoms with Crippen LogP contribution in [0, 0.1) is 5.92 Å². The number of phenolic OH excluding ortho intramolecular Hbond substituents is 1. The molecule has 2 aliphatic rings. The lowest BCUT2D eigenvalue weighted by Gasteiger charge is -2.31. The van der Waals surface area contributed by atoms with Crippen molar-refractivity contribution in [2.24, 2.45) is 5.92 Å². The van der Waals surface area contributed by atoms with Crippen LogP contribution in [0.25, 0.3) is 0 Å². The minimum Gasteiger partial charge on any atom is -0.504 e. The predicted octanol–water partition coefficient (Wildman–Crippen LogP) is 5.64. The number of anilines is 2. The van der Waals surface area contributed by atoms with Gasteiger partial charge in [0.25, 0.3) is 0 Å². The first-order valence-electron chi connectivity index (χ1n) is 15.3. The molecule has 0 spiro atoms. The molecule has 11 nitrogen and oxygen atoms in total. The van der Waals surface area contributed by atoms with Gasteiger partial charge in [0.05, 0.1) is 41.0 Å². The third-order valence-electron chi connectivity index (χ3n) is 8.11. The summed E-state index contributed by atoms with van der Waals surface area (Å²) in [5, 5.41) is 12.1. The highest BCUT2D eigenvalue weighted by Crippen LogP contribution is 2.54. The fraction of sp³-hybridized carbons (Fsp3) is 0.265. The van der Waals surface area contributed by atoms with Crippen LogP contribution in [-0.2, 0) is 31.8 Å². The van der Waals surface area contributed by atoms with Gasteiger partial charge in [-0.3, -0.25) is 23.7 Å². The predicted molar refractivity (Wildman–Crippen MR) is 178 cm³/mol. The Labute approximate surface area is 290 Å². The molecule has 16 heteroatoms. The number of carbonyl (C=O) groups excluding carboxylic acids is 4. The third-order valence-corrected chi connectivity index (χ3v) is 10.7. The minimum absolute atomic E-state index is 0.0907. The molecule has 4 aromatic rings. The summed E-state index contributed by atoms with van der Waals surface area (Å²) in [6.45, 7) is 3.30. The number of phenols is 1. The zero-order valence-corrected chi connectivity index (χ0v) is 28.0. The van der Waals surface area contributed by atoms with E-state index in [1.807, 2.05) is 0 Å². The summed E-state index contributed by atoms with van der Waals surface area (Å²) in [6, 6.07) is 14.2. The average molecular weight is 728 g/mol. The van der Waals surface area contributed by atoms with Crippen molar-refractivity contribution >= 4 is 58.2 Å². The Morgan fingerprint density at radius 1 is 0.960 bits per heavy atom. The van der Waals surface area contributed by atoms with Crippen LogP contribution in [0.15, 0.2) is 76.6 Å². The largest absolute Gasteiger partial charge is 0.504 e. The number of fused-ring (bicyclic) bond motifs is 2. The number of ether oxygens (including phenoxy) is 2. The lowest BCUT2D eigenvalue weighted by atomic mass is 9.83. The molecule has 2 aliphatic heterocycles. The summed E-state index contributed by atoms with van der Waals surface area (Å²) in [6.07, 6.45) is -4.72. The van der Waals surface area contributed by atoms with Gasteiger partial charge in [0, 0.05) is 16.5 Å². The number of aromatic hydroxyl groups is 1. The quantitative estimate of drug-likeness (QED) is 0.165. The van der Waals surface area contributed by atoms with Gasteiger partial charge in [-0.1, -0.05) is 35.2 Å². The summed E-state index contributed by atoms with van der Waals surface area (Å²) in [5.41, 5.74) is -0.259. The van der Waals surface area contributed by atoms with Gasteiger partial charge in [-0.25, -0.2) is 9.69 Å². The molecule has 0 aliphatic carbocycles. The summed E-state index contributed by atoms with van der Waals surface area (Å²) < 4.78 is 52.5. The second-order valence-electron chi connectivity index (χ2n) is 11.2. The highest BCUT2D eigenvalue weighted by Gasteiger charge is 2.57. The van der Waals surface area contributed by atoms with Crippen molar-refractivity contribution in [3.8, 4) is 11.5 Å². The van der Waals surface area contributed by atoms with Crippen molar-refractivity contribution in [3.63, 3.8) is 0 Å². The number of hydrogen-bond acceptors (Lipinski definition) is 10. The molecule has 3 aromatic carbocycles.